The summed E-state index contributed by atoms with van der Waals surface area (Å²) < 4.78 is 17.9. The van der Waals surface area contributed by atoms with E-state index in [1.165, 1.54) is 6.42 Å². The van der Waals surface area contributed by atoms with Crippen LogP contribution in [0.4, 0.5) is 0 Å². The van der Waals surface area contributed by atoms with Crippen LogP contribution in [-0.2, 0) is 9.47 Å². The molecule has 0 unspecified atom stereocenters. The Morgan fingerprint density at radius 1 is 1.19 bits per heavy atom. The number of hydrogen-bond donors (Lipinski definition) is 1. The van der Waals surface area contributed by atoms with Crippen molar-refractivity contribution in [3.05, 3.63) is 42.0 Å². The van der Waals surface area contributed by atoms with Crippen molar-refractivity contribution in [2.75, 3.05) is 19.8 Å². The molecule has 1 amide bonds. The maximum Gasteiger partial charge on any atom is 0.255 e. The summed E-state index contributed by atoms with van der Waals surface area (Å²) in [6.07, 6.45) is 5.35. The third kappa shape index (κ3) is 3.80. The molecule has 1 atom stereocenters. The van der Waals surface area contributed by atoms with Gasteiger partial charge in [-0.25, -0.2) is 0 Å². The third-order valence-electron chi connectivity index (χ3n) is 5.44. The van der Waals surface area contributed by atoms with E-state index in [2.05, 4.69) is 5.32 Å². The van der Waals surface area contributed by atoms with Crippen LogP contribution in [0.3, 0.4) is 0 Å². The van der Waals surface area contributed by atoms with E-state index < -0.39 is 5.79 Å². The lowest BCUT2D eigenvalue weighted by Gasteiger charge is -2.31. The SMILES string of the molecule is CCOc1ccc2ccccc2c1C(=O)NC[C@H]1COC2(CCCCC2)O1. The summed E-state index contributed by atoms with van der Waals surface area (Å²) in [6.45, 7) is 3.41. The monoisotopic (exact) mass is 369 g/mol. The van der Waals surface area contributed by atoms with Gasteiger partial charge in [-0.15, -0.1) is 0 Å². The minimum Gasteiger partial charge on any atom is -0.493 e. The zero-order valence-electron chi connectivity index (χ0n) is 15.8. The van der Waals surface area contributed by atoms with Crippen molar-refractivity contribution in [2.45, 2.75) is 50.9 Å². The number of carbonyl (C=O) groups is 1. The van der Waals surface area contributed by atoms with Crippen LogP contribution in [0.25, 0.3) is 10.8 Å². The number of nitrogens with one attached hydrogen (secondary N) is 1. The van der Waals surface area contributed by atoms with Crippen molar-refractivity contribution in [1.82, 2.24) is 5.32 Å². The Hall–Kier alpha value is -2.11. The molecule has 0 radical (unpaired) electrons. The summed E-state index contributed by atoms with van der Waals surface area (Å²) in [5.41, 5.74) is 0.584. The molecule has 5 nitrogen and oxygen atoms in total. The lowest BCUT2D eigenvalue weighted by Crippen LogP contribution is -2.37. The molecule has 1 saturated carbocycles. The van der Waals surface area contributed by atoms with Gasteiger partial charge >= 0.3 is 0 Å². The molecule has 2 aliphatic rings. The number of carbonyl (C=O) groups excluding carboxylic acids is 1. The molecule has 27 heavy (non-hydrogen) atoms. The number of benzene rings is 2. The highest BCUT2D eigenvalue weighted by Crippen LogP contribution is 2.37. The highest BCUT2D eigenvalue weighted by Gasteiger charge is 2.42. The van der Waals surface area contributed by atoms with E-state index in [1.807, 2.05) is 43.3 Å². The quantitative estimate of drug-likeness (QED) is 0.864. The number of hydrogen-bond acceptors (Lipinski definition) is 4. The predicted octanol–water partition coefficient (Wildman–Crippen LogP) is 4.04. The minimum atomic E-state index is -0.413. The molecular formula is C22H27NO4. The molecule has 1 spiro atoms. The molecule has 2 aromatic carbocycles. The second kappa shape index (κ2) is 7.87. The van der Waals surface area contributed by atoms with Gasteiger partial charge in [-0.05, 0) is 36.6 Å². The van der Waals surface area contributed by atoms with E-state index in [9.17, 15) is 4.79 Å². The normalized spacial score (nSPS) is 21.4. The average Bonchev–Trinajstić information content (AvgIpc) is 3.09. The zero-order chi connectivity index (χ0) is 18.7. The standard InChI is InChI=1S/C22H27NO4/c1-2-25-19-11-10-16-8-4-5-9-18(16)20(19)21(24)23-14-17-15-26-22(27-17)12-6-3-7-13-22/h4-5,8-11,17H,2-3,6-7,12-15H2,1H3,(H,23,24)/t17-/m0/s1. The van der Waals surface area contributed by atoms with E-state index in [1.54, 1.807) is 0 Å². The van der Waals surface area contributed by atoms with Crippen LogP contribution in [0.2, 0.25) is 0 Å². The molecule has 144 valence electrons. The second-order valence-corrected chi connectivity index (χ2v) is 7.33. The first kappa shape index (κ1) is 18.3. The van der Waals surface area contributed by atoms with Crippen LogP contribution in [-0.4, -0.2) is 37.6 Å². The van der Waals surface area contributed by atoms with Gasteiger partial charge < -0.3 is 19.5 Å². The summed E-state index contributed by atoms with van der Waals surface area (Å²) in [7, 11) is 0. The van der Waals surface area contributed by atoms with E-state index in [4.69, 9.17) is 14.2 Å². The molecule has 1 saturated heterocycles. The van der Waals surface area contributed by atoms with Crippen molar-refractivity contribution >= 4 is 16.7 Å². The van der Waals surface area contributed by atoms with E-state index in [0.29, 0.717) is 31.1 Å². The van der Waals surface area contributed by atoms with Gasteiger partial charge in [0.05, 0.1) is 18.8 Å². The minimum absolute atomic E-state index is 0.0995. The van der Waals surface area contributed by atoms with E-state index >= 15 is 0 Å². The Morgan fingerprint density at radius 2 is 2.00 bits per heavy atom. The Balaban J connectivity index is 1.47. The van der Waals surface area contributed by atoms with Crippen LogP contribution in [0.1, 0.15) is 49.4 Å². The Kier molecular flexibility index (Phi) is 5.32. The summed E-state index contributed by atoms with van der Waals surface area (Å²) in [5, 5.41) is 4.95. The number of rotatable bonds is 5. The number of amides is 1. The first-order valence-electron chi connectivity index (χ1n) is 9.95. The van der Waals surface area contributed by atoms with Gasteiger partial charge in [-0.1, -0.05) is 36.8 Å². The fourth-order valence-corrected chi connectivity index (χ4v) is 4.13. The Morgan fingerprint density at radius 3 is 2.81 bits per heavy atom. The van der Waals surface area contributed by atoms with Crippen LogP contribution in [0.15, 0.2) is 36.4 Å². The van der Waals surface area contributed by atoms with Crippen LogP contribution < -0.4 is 10.1 Å². The van der Waals surface area contributed by atoms with Gasteiger partial charge in [0.2, 0.25) is 0 Å². The lowest BCUT2D eigenvalue weighted by atomic mass is 9.94. The molecular weight excluding hydrogens is 342 g/mol. The molecule has 1 aliphatic carbocycles. The molecule has 1 N–H and O–H groups in total. The molecule has 1 aliphatic heterocycles. The average molecular weight is 369 g/mol. The first-order valence-corrected chi connectivity index (χ1v) is 9.95. The van der Waals surface area contributed by atoms with E-state index in [-0.39, 0.29) is 12.0 Å². The molecule has 2 fully saturated rings. The maximum absolute atomic E-state index is 13.0. The second-order valence-electron chi connectivity index (χ2n) is 7.33. The lowest BCUT2D eigenvalue weighted by molar-refractivity contribution is -0.186. The number of fused-ring (bicyclic) bond motifs is 1. The highest BCUT2D eigenvalue weighted by molar-refractivity contribution is 6.09. The van der Waals surface area contributed by atoms with Gasteiger partial charge in [-0.3, -0.25) is 4.79 Å². The summed E-state index contributed by atoms with van der Waals surface area (Å²) >= 11 is 0. The molecule has 2 aromatic rings. The fourth-order valence-electron chi connectivity index (χ4n) is 4.13. The first-order chi connectivity index (χ1) is 13.2. The van der Waals surface area contributed by atoms with Gasteiger partial charge in [0.15, 0.2) is 5.79 Å². The number of ether oxygens (including phenoxy) is 3. The van der Waals surface area contributed by atoms with E-state index in [0.717, 1.165) is 36.5 Å². The summed E-state index contributed by atoms with van der Waals surface area (Å²) in [4.78, 5) is 13.0. The summed E-state index contributed by atoms with van der Waals surface area (Å²) in [5.74, 6) is 0.0633. The van der Waals surface area contributed by atoms with Gasteiger partial charge in [-0.2, -0.15) is 0 Å². The molecule has 5 heteroatoms. The van der Waals surface area contributed by atoms with Crippen LogP contribution >= 0.6 is 0 Å². The van der Waals surface area contributed by atoms with Gasteiger partial charge in [0.1, 0.15) is 11.9 Å². The zero-order valence-corrected chi connectivity index (χ0v) is 15.8. The largest absolute Gasteiger partial charge is 0.493 e. The molecule has 1 heterocycles. The van der Waals surface area contributed by atoms with Crippen molar-refractivity contribution in [3.63, 3.8) is 0 Å². The third-order valence-corrected chi connectivity index (χ3v) is 5.44. The molecule has 0 aromatic heterocycles. The Labute approximate surface area is 160 Å². The van der Waals surface area contributed by atoms with Crippen molar-refractivity contribution < 1.29 is 19.0 Å². The highest BCUT2D eigenvalue weighted by atomic mass is 16.7. The van der Waals surface area contributed by atoms with Gasteiger partial charge in [0.25, 0.3) is 5.91 Å². The fraction of sp³-hybridized carbons (Fsp3) is 0.500. The molecule has 0 bridgehead atoms. The van der Waals surface area contributed by atoms with Crippen molar-refractivity contribution in [3.8, 4) is 5.75 Å². The van der Waals surface area contributed by atoms with Crippen molar-refractivity contribution in [2.24, 2.45) is 0 Å². The van der Waals surface area contributed by atoms with Crippen LogP contribution in [0.5, 0.6) is 5.75 Å². The Bertz CT molecular complexity index is 813. The predicted molar refractivity (Wildman–Crippen MR) is 104 cm³/mol. The van der Waals surface area contributed by atoms with Gasteiger partial charge in [0, 0.05) is 19.4 Å². The van der Waals surface area contributed by atoms with Crippen LogP contribution in [0, 0.1) is 0 Å². The van der Waals surface area contributed by atoms with Crippen molar-refractivity contribution in [1.29, 1.82) is 0 Å². The smallest absolute Gasteiger partial charge is 0.255 e. The topological polar surface area (TPSA) is 56.8 Å². The maximum atomic E-state index is 13.0. The summed E-state index contributed by atoms with van der Waals surface area (Å²) in [6, 6.07) is 11.7. The molecule has 4 rings (SSSR count).